The number of benzene rings is 1. The van der Waals surface area contributed by atoms with Crippen LogP contribution in [0.1, 0.15) is 26.3 Å². The summed E-state index contributed by atoms with van der Waals surface area (Å²) in [4.78, 5) is 23.9. The lowest BCUT2D eigenvalue weighted by atomic mass is 10.0. The molecule has 0 aliphatic rings. The van der Waals surface area contributed by atoms with Gasteiger partial charge in [-0.05, 0) is 26.3 Å². The van der Waals surface area contributed by atoms with Crippen LogP contribution in [-0.2, 0) is 25.7 Å². The number of rotatable bonds is 6. The van der Waals surface area contributed by atoms with Crippen LogP contribution in [0.5, 0.6) is 0 Å². The number of nitrogens with two attached hydrogens (primary N) is 1. The molecule has 0 aliphatic carbocycles. The van der Waals surface area contributed by atoms with Gasteiger partial charge in [-0.2, -0.15) is 0 Å². The molecule has 0 saturated heterocycles. The molecule has 6 heteroatoms. The van der Waals surface area contributed by atoms with Gasteiger partial charge in [0.15, 0.2) is 0 Å². The maximum Gasteiger partial charge on any atom is 0.324 e. The molecule has 1 rings (SSSR count). The predicted octanol–water partition coefficient (Wildman–Crippen LogP) is 1.01. The Bertz CT molecular complexity index is 495. The maximum absolute atomic E-state index is 11.9. The Kier molecular flexibility index (Phi) is 6.52. The van der Waals surface area contributed by atoms with Crippen LogP contribution in [0.15, 0.2) is 30.3 Å². The Morgan fingerprint density at radius 3 is 2.27 bits per heavy atom. The van der Waals surface area contributed by atoms with E-state index in [1.165, 1.54) is 0 Å². The van der Waals surface area contributed by atoms with Crippen molar-refractivity contribution in [3.63, 3.8) is 0 Å². The van der Waals surface area contributed by atoms with Crippen LogP contribution in [0.2, 0.25) is 0 Å². The summed E-state index contributed by atoms with van der Waals surface area (Å²) in [6, 6.07) is 7.82. The van der Waals surface area contributed by atoms with E-state index in [4.69, 9.17) is 15.2 Å². The highest BCUT2D eigenvalue weighted by Crippen LogP contribution is 2.14. The van der Waals surface area contributed by atoms with Gasteiger partial charge in [-0.25, -0.2) is 0 Å². The van der Waals surface area contributed by atoms with Crippen LogP contribution >= 0.6 is 0 Å². The number of ether oxygens (including phenoxy) is 2. The molecule has 0 saturated carbocycles. The number of hydrogen-bond acceptors (Lipinski definition) is 6. The average molecular weight is 309 g/mol. The standard InChI is InChI=1S/C16H23NO5/c1-16(2,3)22-14(19)12(9-18)13(17)15(20)21-10-11-7-5-4-6-8-11/h4-8,12-13,18H,9-10,17H2,1-3H3/t12?,13-/m1/s1. The Morgan fingerprint density at radius 2 is 1.77 bits per heavy atom. The van der Waals surface area contributed by atoms with Crippen LogP contribution in [0.4, 0.5) is 0 Å². The van der Waals surface area contributed by atoms with Crippen LogP contribution in [0.25, 0.3) is 0 Å². The minimum atomic E-state index is -1.27. The average Bonchev–Trinajstić information content (AvgIpc) is 2.44. The number of aliphatic hydroxyl groups excluding tert-OH is 1. The quantitative estimate of drug-likeness (QED) is 0.761. The SMILES string of the molecule is CC(C)(C)OC(=O)C(CO)[C@@H](N)C(=O)OCc1ccccc1. The van der Waals surface area contributed by atoms with Gasteiger partial charge in [0, 0.05) is 0 Å². The zero-order valence-electron chi connectivity index (χ0n) is 13.1. The minimum Gasteiger partial charge on any atom is -0.460 e. The number of aliphatic hydroxyl groups is 1. The summed E-state index contributed by atoms with van der Waals surface area (Å²) in [5, 5.41) is 9.31. The van der Waals surface area contributed by atoms with Gasteiger partial charge in [0.25, 0.3) is 0 Å². The first kappa shape index (κ1) is 18.1. The fourth-order valence-corrected chi connectivity index (χ4v) is 1.70. The van der Waals surface area contributed by atoms with Gasteiger partial charge in [0.2, 0.25) is 0 Å². The van der Waals surface area contributed by atoms with Gasteiger partial charge in [0.1, 0.15) is 24.2 Å². The number of carbonyl (C=O) groups excluding carboxylic acids is 2. The second kappa shape index (κ2) is 7.91. The van der Waals surface area contributed by atoms with Gasteiger partial charge >= 0.3 is 11.9 Å². The third-order valence-electron chi connectivity index (χ3n) is 2.84. The third-order valence-corrected chi connectivity index (χ3v) is 2.84. The second-order valence-corrected chi connectivity index (χ2v) is 5.94. The zero-order valence-corrected chi connectivity index (χ0v) is 13.1. The number of hydrogen-bond donors (Lipinski definition) is 2. The van der Waals surface area contributed by atoms with E-state index in [1.807, 2.05) is 18.2 Å². The van der Waals surface area contributed by atoms with E-state index < -0.39 is 36.1 Å². The normalized spacial score (nSPS) is 14.0. The fourth-order valence-electron chi connectivity index (χ4n) is 1.70. The van der Waals surface area contributed by atoms with Crippen LogP contribution < -0.4 is 5.73 Å². The Morgan fingerprint density at radius 1 is 1.18 bits per heavy atom. The molecule has 22 heavy (non-hydrogen) atoms. The number of esters is 2. The number of carbonyl (C=O) groups is 2. The first-order valence-electron chi connectivity index (χ1n) is 7.04. The zero-order chi connectivity index (χ0) is 16.8. The van der Waals surface area contributed by atoms with Gasteiger partial charge in [-0.1, -0.05) is 30.3 Å². The van der Waals surface area contributed by atoms with E-state index in [2.05, 4.69) is 0 Å². The second-order valence-electron chi connectivity index (χ2n) is 5.94. The molecule has 1 aromatic carbocycles. The van der Waals surface area contributed by atoms with E-state index in [9.17, 15) is 14.7 Å². The smallest absolute Gasteiger partial charge is 0.324 e. The molecule has 1 unspecified atom stereocenters. The predicted molar refractivity (Wildman–Crippen MR) is 80.6 cm³/mol. The minimum absolute atomic E-state index is 0.0554. The molecular weight excluding hydrogens is 286 g/mol. The Hall–Kier alpha value is -1.92. The van der Waals surface area contributed by atoms with Gasteiger partial charge in [-0.3, -0.25) is 9.59 Å². The molecule has 0 fully saturated rings. The van der Waals surface area contributed by atoms with Crippen molar-refractivity contribution in [1.29, 1.82) is 0 Å². The largest absolute Gasteiger partial charge is 0.460 e. The first-order chi connectivity index (χ1) is 10.2. The van der Waals surface area contributed by atoms with Crippen molar-refractivity contribution in [2.75, 3.05) is 6.61 Å². The highest BCUT2D eigenvalue weighted by atomic mass is 16.6. The summed E-state index contributed by atoms with van der Waals surface area (Å²) in [7, 11) is 0. The van der Waals surface area contributed by atoms with E-state index in [0.717, 1.165) is 5.56 Å². The molecule has 0 spiro atoms. The molecule has 122 valence electrons. The highest BCUT2D eigenvalue weighted by molar-refractivity contribution is 5.84. The molecule has 1 aromatic rings. The van der Waals surface area contributed by atoms with Crippen molar-refractivity contribution in [2.45, 2.75) is 39.0 Å². The third kappa shape index (κ3) is 5.83. The summed E-state index contributed by atoms with van der Waals surface area (Å²) in [6.07, 6.45) is 0. The Balaban J connectivity index is 2.60. The highest BCUT2D eigenvalue weighted by Gasteiger charge is 2.34. The molecule has 0 heterocycles. The van der Waals surface area contributed by atoms with Gasteiger partial charge in [-0.15, -0.1) is 0 Å². The molecule has 6 nitrogen and oxygen atoms in total. The van der Waals surface area contributed by atoms with Crippen molar-refractivity contribution >= 4 is 11.9 Å². The molecular formula is C16H23NO5. The summed E-state index contributed by atoms with van der Waals surface area (Å²) in [5.74, 6) is -2.63. The van der Waals surface area contributed by atoms with Gasteiger partial charge < -0.3 is 20.3 Å². The lowest BCUT2D eigenvalue weighted by Crippen LogP contribution is -2.46. The maximum atomic E-state index is 11.9. The molecule has 3 N–H and O–H groups in total. The van der Waals surface area contributed by atoms with E-state index >= 15 is 0 Å². The van der Waals surface area contributed by atoms with E-state index in [0.29, 0.717) is 0 Å². The summed E-state index contributed by atoms with van der Waals surface area (Å²) < 4.78 is 10.2. The van der Waals surface area contributed by atoms with Gasteiger partial charge in [0.05, 0.1) is 6.61 Å². The molecule has 0 bridgehead atoms. The van der Waals surface area contributed by atoms with Crippen molar-refractivity contribution in [3.8, 4) is 0 Å². The molecule has 0 aromatic heterocycles. The van der Waals surface area contributed by atoms with Crippen LogP contribution in [0.3, 0.4) is 0 Å². The Labute approximate surface area is 130 Å². The fraction of sp³-hybridized carbons (Fsp3) is 0.500. The molecule has 0 amide bonds. The first-order valence-corrected chi connectivity index (χ1v) is 7.04. The molecule has 0 radical (unpaired) electrons. The van der Waals surface area contributed by atoms with Crippen LogP contribution in [0, 0.1) is 5.92 Å². The van der Waals surface area contributed by atoms with Crippen molar-refractivity contribution in [1.82, 2.24) is 0 Å². The summed E-state index contributed by atoms with van der Waals surface area (Å²) >= 11 is 0. The summed E-state index contributed by atoms with van der Waals surface area (Å²) in [5.41, 5.74) is 5.80. The van der Waals surface area contributed by atoms with E-state index in [-0.39, 0.29) is 6.61 Å². The lowest BCUT2D eigenvalue weighted by Gasteiger charge is -2.25. The topological polar surface area (TPSA) is 98.9 Å². The van der Waals surface area contributed by atoms with Crippen LogP contribution in [-0.4, -0.2) is 35.3 Å². The van der Waals surface area contributed by atoms with Crippen molar-refractivity contribution < 1.29 is 24.2 Å². The van der Waals surface area contributed by atoms with E-state index in [1.54, 1.807) is 32.9 Å². The van der Waals surface area contributed by atoms with Crippen molar-refractivity contribution in [3.05, 3.63) is 35.9 Å². The monoisotopic (exact) mass is 309 g/mol. The molecule has 2 atom stereocenters. The lowest BCUT2D eigenvalue weighted by molar-refractivity contribution is -0.167. The van der Waals surface area contributed by atoms with Crippen molar-refractivity contribution in [2.24, 2.45) is 11.7 Å². The molecule has 0 aliphatic heterocycles. The summed E-state index contributed by atoms with van der Waals surface area (Å²) in [6.45, 7) is 4.55.